The summed E-state index contributed by atoms with van der Waals surface area (Å²) in [5.74, 6) is -0.637. The number of para-hydroxylation sites is 1. The quantitative estimate of drug-likeness (QED) is 0.579. The third-order valence-electron chi connectivity index (χ3n) is 5.22. The van der Waals surface area contributed by atoms with Crippen molar-refractivity contribution < 1.29 is 23.5 Å². The van der Waals surface area contributed by atoms with Crippen molar-refractivity contribution in [1.82, 2.24) is 0 Å². The van der Waals surface area contributed by atoms with Crippen LogP contribution in [0.1, 0.15) is 11.1 Å². The summed E-state index contributed by atoms with van der Waals surface area (Å²) in [6, 6.07) is 17.7. The topological polar surface area (TPSA) is 67.9 Å². The van der Waals surface area contributed by atoms with Crippen LogP contribution in [0.15, 0.2) is 72.4 Å². The molecule has 3 aromatic carbocycles. The maximum Gasteiger partial charge on any atom is 0.282 e. The summed E-state index contributed by atoms with van der Waals surface area (Å²) in [5.41, 5.74) is 2.59. The van der Waals surface area contributed by atoms with Gasteiger partial charge in [0.1, 0.15) is 23.0 Å². The number of nitrogens with zero attached hydrogens (tertiary/aromatic N) is 1. The molecule has 7 heteroatoms. The Morgan fingerprint density at radius 3 is 2.06 bits per heavy atom. The van der Waals surface area contributed by atoms with Crippen molar-refractivity contribution in [3.8, 4) is 11.5 Å². The monoisotopic (exact) mass is 432 g/mol. The minimum Gasteiger partial charge on any atom is -0.497 e. The largest absolute Gasteiger partial charge is 0.497 e. The number of carbonyl (C=O) groups excluding carboxylic acids is 2. The zero-order valence-corrected chi connectivity index (χ0v) is 17.8. The second-order valence-corrected chi connectivity index (χ2v) is 7.21. The Morgan fingerprint density at radius 2 is 1.47 bits per heavy atom. The highest BCUT2D eigenvalue weighted by Gasteiger charge is 2.40. The molecular weight excluding hydrogens is 411 g/mol. The minimum absolute atomic E-state index is 0.109. The van der Waals surface area contributed by atoms with Crippen LogP contribution in [0.3, 0.4) is 0 Å². The van der Waals surface area contributed by atoms with Gasteiger partial charge < -0.3 is 14.8 Å². The number of benzene rings is 3. The van der Waals surface area contributed by atoms with Gasteiger partial charge >= 0.3 is 0 Å². The number of methoxy groups -OCH3 is 2. The van der Waals surface area contributed by atoms with Crippen molar-refractivity contribution in [3.63, 3.8) is 0 Å². The average Bonchev–Trinajstić information content (AvgIpc) is 3.04. The molecule has 0 fully saturated rings. The van der Waals surface area contributed by atoms with E-state index in [1.165, 1.54) is 38.5 Å². The van der Waals surface area contributed by atoms with Gasteiger partial charge in [-0.25, -0.2) is 9.29 Å². The van der Waals surface area contributed by atoms with Crippen molar-refractivity contribution in [2.75, 3.05) is 24.4 Å². The summed E-state index contributed by atoms with van der Waals surface area (Å²) in [6.45, 7) is 1.90. The Balaban J connectivity index is 1.85. The molecule has 32 heavy (non-hydrogen) atoms. The normalized spacial score (nSPS) is 13.6. The molecule has 6 nitrogen and oxygen atoms in total. The van der Waals surface area contributed by atoms with E-state index in [-0.39, 0.29) is 11.3 Å². The first kappa shape index (κ1) is 21.1. The molecule has 0 saturated heterocycles. The number of anilines is 2. The third kappa shape index (κ3) is 3.80. The fourth-order valence-electron chi connectivity index (χ4n) is 3.53. The molecule has 162 valence electrons. The summed E-state index contributed by atoms with van der Waals surface area (Å²) in [7, 11) is 2.97. The molecular formula is C25H21FN2O4. The number of carbonyl (C=O) groups is 2. The van der Waals surface area contributed by atoms with Gasteiger partial charge in [0.2, 0.25) is 0 Å². The predicted octanol–water partition coefficient (Wildman–Crippen LogP) is 4.55. The lowest BCUT2D eigenvalue weighted by molar-refractivity contribution is -0.120. The van der Waals surface area contributed by atoms with E-state index in [4.69, 9.17) is 9.47 Å². The van der Waals surface area contributed by atoms with Crippen molar-refractivity contribution in [1.29, 1.82) is 0 Å². The number of nitrogens with one attached hydrogen (secondary N) is 1. The molecule has 0 saturated carbocycles. The molecule has 4 rings (SSSR count). The fraction of sp³-hybridized carbons (Fsp3) is 0.120. The second-order valence-electron chi connectivity index (χ2n) is 7.21. The van der Waals surface area contributed by atoms with Crippen LogP contribution in [-0.2, 0) is 9.59 Å². The van der Waals surface area contributed by atoms with Crippen LogP contribution in [-0.4, -0.2) is 26.0 Å². The van der Waals surface area contributed by atoms with Gasteiger partial charge in [-0.15, -0.1) is 0 Å². The van der Waals surface area contributed by atoms with Crippen molar-refractivity contribution in [2.45, 2.75) is 6.92 Å². The molecule has 0 unspecified atom stereocenters. The van der Waals surface area contributed by atoms with E-state index in [1.807, 2.05) is 31.2 Å². The number of amides is 2. The Labute approximate surface area is 184 Å². The number of aryl methyl sites for hydroxylation is 1. The summed E-state index contributed by atoms with van der Waals surface area (Å²) in [6.07, 6.45) is 0. The molecule has 0 aliphatic carbocycles. The number of ether oxygens (including phenoxy) is 2. The van der Waals surface area contributed by atoms with Gasteiger partial charge in [0.15, 0.2) is 0 Å². The van der Waals surface area contributed by atoms with Crippen molar-refractivity contribution in [2.24, 2.45) is 0 Å². The minimum atomic E-state index is -0.534. The highest BCUT2D eigenvalue weighted by atomic mass is 19.1. The standard InChI is InChI=1S/C25H21FN2O4/c1-15-6-4-5-7-21(15)27-23-22(16-8-10-17(26)11-9-16)24(29)28(25(23)30)18-12-19(31-2)14-20(13-18)32-3/h4-14,27H,1-3H3. The van der Waals surface area contributed by atoms with Crippen LogP contribution >= 0.6 is 0 Å². The molecule has 0 spiro atoms. The summed E-state index contributed by atoms with van der Waals surface area (Å²) < 4.78 is 24.1. The Bertz CT molecular complexity index is 1210. The van der Waals surface area contributed by atoms with Gasteiger partial charge in [0, 0.05) is 23.9 Å². The fourth-order valence-corrected chi connectivity index (χ4v) is 3.53. The van der Waals surface area contributed by atoms with Crippen LogP contribution in [0, 0.1) is 12.7 Å². The highest BCUT2D eigenvalue weighted by Crippen LogP contribution is 2.37. The Hall–Kier alpha value is -4.13. The number of hydrogen-bond acceptors (Lipinski definition) is 5. The van der Waals surface area contributed by atoms with Crippen molar-refractivity contribution >= 4 is 28.8 Å². The molecule has 0 bridgehead atoms. The second kappa shape index (κ2) is 8.55. The highest BCUT2D eigenvalue weighted by molar-refractivity contribution is 6.46. The smallest absolute Gasteiger partial charge is 0.282 e. The van der Waals surface area contributed by atoms with Gasteiger partial charge in [0.05, 0.1) is 25.5 Å². The first-order chi connectivity index (χ1) is 15.4. The lowest BCUT2D eigenvalue weighted by atomic mass is 10.0. The maximum absolute atomic E-state index is 13.5. The maximum atomic E-state index is 13.5. The van der Waals surface area contributed by atoms with E-state index in [1.54, 1.807) is 18.2 Å². The van der Waals surface area contributed by atoms with Gasteiger partial charge in [-0.2, -0.15) is 0 Å². The molecule has 0 atom stereocenters. The molecule has 1 N–H and O–H groups in total. The third-order valence-corrected chi connectivity index (χ3v) is 5.22. The molecule has 2 amide bonds. The van der Waals surface area contributed by atoms with Crippen LogP contribution in [0.25, 0.3) is 5.57 Å². The molecule has 1 aliphatic heterocycles. The van der Waals surface area contributed by atoms with Gasteiger partial charge in [-0.05, 0) is 36.2 Å². The van der Waals surface area contributed by atoms with E-state index in [9.17, 15) is 14.0 Å². The first-order valence-corrected chi connectivity index (χ1v) is 9.87. The van der Waals surface area contributed by atoms with E-state index in [0.717, 1.165) is 10.5 Å². The zero-order chi connectivity index (χ0) is 22.8. The number of halogens is 1. The summed E-state index contributed by atoms with van der Waals surface area (Å²) in [4.78, 5) is 28.1. The van der Waals surface area contributed by atoms with Crippen molar-refractivity contribution in [3.05, 3.63) is 89.4 Å². The molecule has 3 aromatic rings. The van der Waals surface area contributed by atoms with Crippen LogP contribution < -0.4 is 19.7 Å². The molecule has 1 aliphatic rings. The number of hydrogen-bond donors (Lipinski definition) is 1. The SMILES string of the molecule is COc1cc(OC)cc(N2C(=O)C(Nc3ccccc3C)=C(c3ccc(F)cc3)C2=O)c1. The molecule has 1 heterocycles. The van der Waals surface area contributed by atoms with E-state index >= 15 is 0 Å². The van der Waals surface area contributed by atoms with Crippen LogP contribution in [0.5, 0.6) is 11.5 Å². The number of rotatable bonds is 6. The van der Waals surface area contributed by atoms with Gasteiger partial charge in [0.25, 0.3) is 11.8 Å². The zero-order valence-electron chi connectivity index (χ0n) is 17.8. The van der Waals surface area contributed by atoms with E-state index in [2.05, 4.69) is 5.32 Å². The summed E-state index contributed by atoms with van der Waals surface area (Å²) >= 11 is 0. The van der Waals surface area contributed by atoms with Crippen LogP contribution in [0.2, 0.25) is 0 Å². The predicted molar refractivity (Wildman–Crippen MR) is 120 cm³/mol. The number of imide groups is 1. The van der Waals surface area contributed by atoms with Gasteiger partial charge in [-0.1, -0.05) is 30.3 Å². The lowest BCUT2D eigenvalue weighted by Gasteiger charge is -2.17. The lowest BCUT2D eigenvalue weighted by Crippen LogP contribution is -2.32. The van der Waals surface area contributed by atoms with Gasteiger partial charge in [-0.3, -0.25) is 9.59 Å². The first-order valence-electron chi connectivity index (χ1n) is 9.87. The average molecular weight is 432 g/mol. The van der Waals surface area contributed by atoms with E-state index in [0.29, 0.717) is 28.4 Å². The summed E-state index contributed by atoms with van der Waals surface area (Å²) in [5, 5.41) is 3.12. The Kier molecular flexibility index (Phi) is 5.64. The van der Waals surface area contributed by atoms with E-state index < -0.39 is 17.6 Å². The van der Waals surface area contributed by atoms with Crippen LogP contribution in [0.4, 0.5) is 15.8 Å². The molecule has 0 radical (unpaired) electrons. The Morgan fingerprint density at radius 1 is 0.844 bits per heavy atom. The molecule has 0 aromatic heterocycles.